The second-order valence-corrected chi connectivity index (χ2v) is 6.16. The molecule has 0 bridgehead atoms. The van der Waals surface area contributed by atoms with Crippen LogP contribution in [-0.4, -0.2) is 55.5 Å². The minimum Gasteiger partial charge on any atom is -0.494 e. The van der Waals surface area contributed by atoms with Gasteiger partial charge in [0.15, 0.2) is 0 Å². The summed E-state index contributed by atoms with van der Waals surface area (Å²) in [5, 5.41) is 0. The monoisotopic (exact) mass is 304 g/mol. The standard InChI is InChI=1S/C18H28N2O2/c1-16-7-6-8-17(15-16)22-14-5-3-4-9-18(21)20-12-10-19(2)11-13-20/h6-8,15H,3-5,9-14H2,1-2H3. The molecule has 0 spiro atoms. The molecule has 1 heterocycles. The van der Waals surface area contributed by atoms with Gasteiger partial charge in [0, 0.05) is 32.6 Å². The fourth-order valence-corrected chi connectivity index (χ4v) is 2.66. The maximum atomic E-state index is 12.1. The predicted octanol–water partition coefficient (Wildman–Crippen LogP) is 2.71. The smallest absolute Gasteiger partial charge is 0.222 e. The second kappa shape index (κ2) is 8.79. The normalized spacial score (nSPS) is 15.8. The van der Waals surface area contributed by atoms with Crippen molar-refractivity contribution in [3.63, 3.8) is 0 Å². The summed E-state index contributed by atoms with van der Waals surface area (Å²) in [6.45, 7) is 6.55. The molecular formula is C18H28N2O2. The first-order valence-electron chi connectivity index (χ1n) is 8.31. The van der Waals surface area contributed by atoms with Crippen molar-refractivity contribution in [2.45, 2.75) is 32.6 Å². The molecule has 1 aromatic carbocycles. The molecule has 4 nitrogen and oxygen atoms in total. The van der Waals surface area contributed by atoms with Gasteiger partial charge in [-0.2, -0.15) is 0 Å². The lowest BCUT2D eigenvalue weighted by Gasteiger charge is -2.32. The number of hydrogen-bond acceptors (Lipinski definition) is 3. The quantitative estimate of drug-likeness (QED) is 0.726. The van der Waals surface area contributed by atoms with Crippen LogP contribution in [-0.2, 0) is 4.79 Å². The van der Waals surface area contributed by atoms with Crippen molar-refractivity contribution in [1.82, 2.24) is 9.80 Å². The number of unbranched alkanes of at least 4 members (excludes halogenated alkanes) is 2. The van der Waals surface area contributed by atoms with E-state index in [1.54, 1.807) is 0 Å². The number of carbonyl (C=O) groups excluding carboxylic acids is 1. The van der Waals surface area contributed by atoms with Crippen molar-refractivity contribution in [2.24, 2.45) is 0 Å². The van der Waals surface area contributed by atoms with E-state index >= 15 is 0 Å². The third-order valence-electron chi connectivity index (χ3n) is 4.15. The molecule has 0 unspecified atom stereocenters. The highest BCUT2D eigenvalue weighted by molar-refractivity contribution is 5.76. The van der Waals surface area contributed by atoms with Crippen LogP contribution in [0.5, 0.6) is 5.75 Å². The van der Waals surface area contributed by atoms with E-state index in [0.717, 1.165) is 57.8 Å². The summed E-state index contributed by atoms with van der Waals surface area (Å²) in [5.41, 5.74) is 1.22. The summed E-state index contributed by atoms with van der Waals surface area (Å²) in [4.78, 5) is 16.3. The van der Waals surface area contributed by atoms with Crippen LogP contribution in [0.25, 0.3) is 0 Å². The number of amides is 1. The van der Waals surface area contributed by atoms with Gasteiger partial charge in [0.1, 0.15) is 5.75 Å². The third-order valence-corrected chi connectivity index (χ3v) is 4.15. The number of benzene rings is 1. The Labute approximate surface area is 134 Å². The van der Waals surface area contributed by atoms with E-state index in [4.69, 9.17) is 4.74 Å². The van der Waals surface area contributed by atoms with Crippen LogP contribution in [0, 0.1) is 6.92 Å². The van der Waals surface area contributed by atoms with E-state index in [9.17, 15) is 4.79 Å². The van der Waals surface area contributed by atoms with E-state index in [0.29, 0.717) is 12.3 Å². The van der Waals surface area contributed by atoms with Gasteiger partial charge in [-0.1, -0.05) is 12.1 Å². The maximum Gasteiger partial charge on any atom is 0.222 e. The number of rotatable bonds is 7. The molecule has 2 rings (SSSR count). The van der Waals surface area contributed by atoms with Gasteiger partial charge >= 0.3 is 0 Å². The lowest BCUT2D eigenvalue weighted by atomic mass is 10.1. The predicted molar refractivity (Wildman–Crippen MR) is 89.2 cm³/mol. The van der Waals surface area contributed by atoms with Gasteiger partial charge in [-0.15, -0.1) is 0 Å². The highest BCUT2D eigenvalue weighted by atomic mass is 16.5. The lowest BCUT2D eigenvalue weighted by molar-refractivity contribution is -0.132. The number of piperazine rings is 1. The minimum atomic E-state index is 0.313. The first-order valence-corrected chi connectivity index (χ1v) is 8.31. The number of ether oxygens (including phenoxy) is 1. The molecule has 1 aliphatic rings. The van der Waals surface area contributed by atoms with E-state index in [-0.39, 0.29) is 0 Å². The molecule has 0 aromatic heterocycles. The Balaban J connectivity index is 1.53. The summed E-state index contributed by atoms with van der Waals surface area (Å²) in [7, 11) is 2.11. The second-order valence-electron chi connectivity index (χ2n) is 6.16. The van der Waals surface area contributed by atoms with Crippen LogP contribution < -0.4 is 4.74 Å². The number of hydrogen-bond donors (Lipinski definition) is 0. The number of likely N-dealkylation sites (N-methyl/N-ethyl adjacent to an activating group) is 1. The Kier molecular flexibility index (Phi) is 6.72. The molecular weight excluding hydrogens is 276 g/mol. The van der Waals surface area contributed by atoms with Gasteiger partial charge in [0.25, 0.3) is 0 Å². The van der Waals surface area contributed by atoms with Gasteiger partial charge in [-0.05, 0) is 50.9 Å². The van der Waals surface area contributed by atoms with E-state index in [2.05, 4.69) is 31.0 Å². The van der Waals surface area contributed by atoms with E-state index in [1.807, 2.05) is 17.0 Å². The lowest BCUT2D eigenvalue weighted by Crippen LogP contribution is -2.47. The van der Waals surface area contributed by atoms with Gasteiger partial charge in [-0.25, -0.2) is 0 Å². The summed E-state index contributed by atoms with van der Waals surface area (Å²) in [6, 6.07) is 8.12. The van der Waals surface area contributed by atoms with Crippen molar-refractivity contribution in [2.75, 3.05) is 39.8 Å². The molecule has 0 aliphatic carbocycles. The number of nitrogens with zero attached hydrogens (tertiary/aromatic N) is 2. The summed E-state index contributed by atoms with van der Waals surface area (Å²) in [5.74, 6) is 1.25. The molecule has 1 fully saturated rings. The molecule has 0 N–H and O–H groups in total. The summed E-state index contributed by atoms with van der Waals surface area (Å²) >= 11 is 0. The van der Waals surface area contributed by atoms with Gasteiger partial charge in [0.2, 0.25) is 5.91 Å². The minimum absolute atomic E-state index is 0.313. The zero-order valence-corrected chi connectivity index (χ0v) is 13.9. The molecule has 122 valence electrons. The first-order chi connectivity index (χ1) is 10.6. The maximum absolute atomic E-state index is 12.1. The molecule has 0 saturated carbocycles. The Morgan fingerprint density at radius 1 is 1.14 bits per heavy atom. The SMILES string of the molecule is Cc1cccc(OCCCCCC(=O)N2CCN(C)CC2)c1. The number of aryl methyl sites for hydroxylation is 1. The van der Waals surface area contributed by atoms with Crippen LogP contribution in [0.15, 0.2) is 24.3 Å². The van der Waals surface area contributed by atoms with E-state index in [1.165, 1.54) is 5.56 Å². The Bertz CT molecular complexity index is 468. The van der Waals surface area contributed by atoms with Crippen LogP contribution in [0.2, 0.25) is 0 Å². The molecule has 4 heteroatoms. The molecule has 0 radical (unpaired) electrons. The van der Waals surface area contributed by atoms with Crippen LogP contribution in [0.1, 0.15) is 31.2 Å². The Morgan fingerprint density at radius 2 is 1.91 bits per heavy atom. The largest absolute Gasteiger partial charge is 0.494 e. The Hall–Kier alpha value is -1.55. The molecule has 1 saturated heterocycles. The summed E-state index contributed by atoms with van der Waals surface area (Å²) in [6.07, 6.45) is 3.69. The molecule has 1 aromatic rings. The van der Waals surface area contributed by atoms with Crippen LogP contribution in [0.3, 0.4) is 0 Å². The zero-order valence-electron chi connectivity index (χ0n) is 13.9. The summed E-state index contributed by atoms with van der Waals surface area (Å²) < 4.78 is 5.72. The van der Waals surface area contributed by atoms with Gasteiger partial charge < -0.3 is 14.5 Å². The van der Waals surface area contributed by atoms with Crippen molar-refractivity contribution < 1.29 is 9.53 Å². The highest BCUT2D eigenvalue weighted by Gasteiger charge is 2.18. The highest BCUT2D eigenvalue weighted by Crippen LogP contribution is 2.13. The Morgan fingerprint density at radius 3 is 2.64 bits per heavy atom. The zero-order chi connectivity index (χ0) is 15.8. The number of carbonyl (C=O) groups is 1. The average molecular weight is 304 g/mol. The van der Waals surface area contributed by atoms with Crippen LogP contribution >= 0.6 is 0 Å². The van der Waals surface area contributed by atoms with Crippen molar-refractivity contribution in [3.05, 3.63) is 29.8 Å². The van der Waals surface area contributed by atoms with Crippen molar-refractivity contribution >= 4 is 5.91 Å². The van der Waals surface area contributed by atoms with Gasteiger partial charge in [0.05, 0.1) is 6.61 Å². The molecule has 0 atom stereocenters. The first kappa shape index (κ1) is 16.8. The fraction of sp³-hybridized carbons (Fsp3) is 0.611. The fourth-order valence-electron chi connectivity index (χ4n) is 2.66. The van der Waals surface area contributed by atoms with Crippen LogP contribution in [0.4, 0.5) is 0 Å². The molecule has 1 amide bonds. The van der Waals surface area contributed by atoms with Crippen molar-refractivity contribution in [1.29, 1.82) is 0 Å². The van der Waals surface area contributed by atoms with E-state index < -0.39 is 0 Å². The average Bonchev–Trinajstić information content (AvgIpc) is 2.51. The third kappa shape index (κ3) is 5.68. The van der Waals surface area contributed by atoms with Gasteiger partial charge in [-0.3, -0.25) is 4.79 Å². The van der Waals surface area contributed by atoms with Crippen molar-refractivity contribution in [3.8, 4) is 5.75 Å². The molecule has 1 aliphatic heterocycles. The molecule has 22 heavy (non-hydrogen) atoms. The topological polar surface area (TPSA) is 32.8 Å².